The molecule has 0 amide bonds. The molecule has 4 nitrogen and oxygen atoms in total. The summed E-state index contributed by atoms with van der Waals surface area (Å²) in [5.74, 6) is 0. The third-order valence-electron chi connectivity index (χ3n) is 5.51. The van der Waals surface area contributed by atoms with Crippen molar-refractivity contribution < 1.29 is 17.8 Å². The molecule has 4 aromatic rings. The molecular weight excluding hydrogens is 347 g/mol. The van der Waals surface area contributed by atoms with Gasteiger partial charge in [0.05, 0.1) is 0 Å². The van der Waals surface area contributed by atoms with Gasteiger partial charge in [0, 0.05) is 0 Å². The van der Waals surface area contributed by atoms with Crippen LogP contribution in [0.5, 0.6) is 0 Å². The molecule has 0 radical (unpaired) electrons. The van der Waals surface area contributed by atoms with Crippen LogP contribution in [0, 0.1) is 0 Å². The maximum absolute atomic E-state index is 6.90. The summed E-state index contributed by atoms with van der Waals surface area (Å²) in [7, 11) is 0. The summed E-state index contributed by atoms with van der Waals surface area (Å²) in [5, 5.41) is 0. The van der Waals surface area contributed by atoms with Crippen molar-refractivity contribution in [3.8, 4) is 0 Å². The molecule has 2 atom stereocenters. The normalized spacial score (nSPS) is 25.0. The van der Waals surface area contributed by atoms with E-state index in [9.17, 15) is 0 Å². The molecule has 5 heteroatoms. The standard InChI is InChI=1S/C21H19O4P/c1-16-21(17-8-3-2-4-9-17)25-26(16,18-10-5-13-22-18,19-11-6-14-23-19)20-12-7-15-24-20/h2-16,21H,1H3/t16-,21?/m1/s1. The molecule has 0 saturated carbocycles. The summed E-state index contributed by atoms with van der Waals surface area (Å²) in [5.41, 5.74) is 3.58. The van der Waals surface area contributed by atoms with Crippen LogP contribution in [0.2, 0.25) is 0 Å². The van der Waals surface area contributed by atoms with Crippen LogP contribution in [0.3, 0.4) is 0 Å². The van der Waals surface area contributed by atoms with Crippen LogP contribution < -0.4 is 16.5 Å². The Kier molecular flexibility index (Phi) is 3.30. The van der Waals surface area contributed by atoms with E-state index in [4.69, 9.17) is 17.8 Å². The van der Waals surface area contributed by atoms with Gasteiger partial charge in [-0.1, -0.05) is 0 Å². The van der Waals surface area contributed by atoms with Crippen LogP contribution in [-0.2, 0) is 4.52 Å². The average Bonchev–Trinajstić information content (AvgIpc) is 3.45. The van der Waals surface area contributed by atoms with Gasteiger partial charge in [0.2, 0.25) is 0 Å². The van der Waals surface area contributed by atoms with Crippen molar-refractivity contribution in [3.05, 3.63) is 91.1 Å². The minimum atomic E-state index is -3.42. The predicted octanol–water partition coefficient (Wildman–Crippen LogP) is 4.37. The first kappa shape index (κ1) is 15.7. The molecule has 1 fully saturated rings. The van der Waals surface area contributed by atoms with Gasteiger partial charge >= 0.3 is 151 Å². The zero-order chi connectivity index (χ0) is 17.6. The third-order valence-corrected chi connectivity index (χ3v) is 11.4. The summed E-state index contributed by atoms with van der Waals surface area (Å²) < 4.78 is 24.8. The van der Waals surface area contributed by atoms with Crippen LogP contribution in [-0.4, -0.2) is 5.66 Å². The second kappa shape index (κ2) is 5.47. The molecule has 26 heavy (non-hydrogen) atoms. The first-order valence-corrected chi connectivity index (χ1v) is 10.9. The summed E-state index contributed by atoms with van der Waals surface area (Å²) in [6.07, 6.45) is 4.99. The number of rotatable bonds is 4. The topological polar surface area (TPSA) is 48.7 Å². The molecule has 0 bridgehead atoms. The van der Waals surface area contributed by atoms with Gasteiger partial charge in [-0.2, -0.15) is 0 Å². The van der Waals surface area contributed by atoms with E-state index in [0.29, 0.717) is 0 Å². The van der Waals surface area contributed by atoms with Gasteiger partial charge in [-0.15, -0.1) is 0 Å². The first-order chi connectivity index (χ1) is 12.8. The molecule has 3 aromatic heterocycles. The summed E-state index contributed by atoms with van der Waals surface area (Å²) in [6.45, 7) is -1.22. The van der Waals surface area contributed by atoms with Gasteiger partial charge in [-0.05, 0) is 0 Å². The third kappa shape index (κ3) is 1.71. The maximum atomic E-state index is 6.90. The number of hydrogen-bond donors (Lipinski definition) is 0. The molecule has 1 unspecified atom stereocenters. The van der Waals surface area contributed by atoms with E-state index in [1.165, 1.54) is 0 Å². The number of hydrogen-bond acceptors (Lipinski definition) is 4. The fraction of sp³-hybridized carbons (Fsp3) is 0.143. The Balaban J connectivity index is 1.79. The van der Waals surface area contributed by atoms with Crippen LogP contribution in [0.15, 0.2) is 98.8 Å². The minimum absolute atomic E-state index is 0.0610. The van der Waals surface area contributed by atoms with Gasteiger partial charge in [0.1, 0.15) is 0 Å². The molecule has 4 heterocycles. The van der Waals surface area contributed by atoms with Gasteiger partial charge in [-0.3, -0.25) is 0 Å². The second-order valence-electron chi connectivity index (χ2n) is 6.63. The Hall–Kier alpha value is -2.55. The van der Waals surface area contributed by atoms with E-state index in [0.717, 1.165) is 22.1 Å². The molecule has 1 aliphatic rings. The molecule has 1 saturated heterocycles. The predicted molar refractivity (Wildman–Crippen MR) is 102 cm³/mol. The fourth-order valence-corrected chi connectivity index (χ4v) is 9.90. The van der Waals surface area contributed by atoms with Crippen LogP contribution in [0.1, 0.15) is 18.6 Å². The van der Waals surface area contributed by atoms with E-state index in [-0.39, 0.29) is 11.8 Å². The Bertz CT molecular complexity index is 901. The first-order valence-electron chi connectivity index (χ1n) is 8.64. The van der Waals surface area contributed by atoms with Crippen molar-refractivity contribution in [2.45, 2.75) is 18.7 Å². The van der Waals surface area contributed by atoms with Crippen molar-refractivity contribution in [2.24, 2.45) is 0 Å². The Morgan fingerprint density at radius 1 is 0.654 bits per heavy atom. The molecule has 0 spiro atoms. The molecule has 0 aliphatic carbocycles. The zero-order valence-electron chi connectivity index (χ0n) is 14.3. The van der Waals surface area contributed by atoms with Crippen LogP contribution in [0.25, 0.3) is 0 Å². The SMILES string of the molecule is C[C@@H]1C(c2ccccc2)OP1(c1ccco1)(c1ccco1)c1ccco1. The van der Waals surface area contributed by atoms with E-state index in [1.54, 1.807) is 18.8 Å². The molecule has 132 valence electrons. The quantitative estimate of drug-likeness (QED) is 0.503. The fourth-order valence-electron chi connectivity index (χ4n) is 4.25. The van der Waals surface area contributed by atoms with Crippen LogP contribution >= 0.6 is 6.83 Å². The molecule has 5 rings (SSSR count). The second-order valence-corrected chi connectivity index (χ2v) is 11.2. The molecular formula is C21H19O4P. The Morgan fingerprint density at radius 3 is 1.54 bits per heavy atom. The molecule has 1 aromatic carbocycles. The summed E-state index contributed by atoms with van der Waals surface area (Å²) in [6, 6.07) is 21.9. The molecule has 1 aliphatic heterocycles. The average molecular weight is 366 g/mol. The van der Waals surface area contributed by atoms with Crippen molar-refractivity contribution in [3.63, 3.8) is 0 Å². The summed E-state index contributed by atoms with van der Waals surface area (Å²) in [4.78, 5) is 0. The Morgan fingerprint density at radius 2 is 1.15 bits per heavy atom. The monoisotopic (exact) mass is 366 g/mol. The van der Waals surface area contributed by atoms with Gasteiger partial charge < -0.3 is 0 Å². The van der Waals surface area contributed by atoms with E-state index < -0.39 is 6.83 Å². The molecule has 0 N–H and O–H groups in total. The Labute approximate surface area is 151 Å². The van der Waals surface area contributed by atoms with Crippen molar-refractivity contribution >= 4 is 23.3 Å². The number of furan rings is 3. The summed E-state index contributed by atoms with van der Waals surface area (Å²) >= 11 is 0. The van der Waals surface area contributed by atoms with Crippen molar-refractivity contribution in [2.75, 3.05) is 0 Å². The van der Waals surface area contributed by atoms with Crippen LogP contribution in [0.4, 0.5) is 0 Å². The number of benzene rings is 1. The van der Waals surface area contributed by atoms with Crippen molar-refractivity contribution in [1.29, 1.82) is 0 Å². The van der Waals surface area contributed by atoms with Gasteiger partial charge in [-0.25, -0.2) is 0 Å². The van der Waals surface area contributed by atoms with E-state index >= 15 is 0 Å². The van der Waals surface area contributed by atoms with Crippen molar-refractivity contribution in [1.82, 2.24) is 0 Å². The van der Waals surface area contributed by atoms with E-state index in [2.05, 4.69) is 19.1 Å². The van der Waals surface area contributed by atoms with Gasteiger partial charge in [0.25, 0.3) is 0 Å². The zero-order valence-corrected chi connectivity index (χ0v) is 15.2. The van der Waals surface area contributed by atoms with Gasteiger partial charge in [0.15, 0.2) is 0 Å². The van der Waals surface area contributed by atoms with E-state index in [1.807, 2.05) is 54.6 Å².